The minimum atomic E-state index is 0.144. The lowest BCUT2D eigenvalue weighted by Crippen LogP contribution is -2.41. The van der Waals surface area contributed by atoms with Crippen molar-refractivity contribution >= 4 is 28.2 Å². The van der Waals surface area contributed by atoms with E-state index in [0.29, 0.717) is 12.5 Å². The van der Waals surface area contributed by atoms with E-state index in [1.54, 1.807) is 36.5 Å². The smallest absolute Gasteiger partial charge is 0.236 e. The monoisotopic (exact) mass is 360 g/mol. The Labute approximate surface area is 152 Å². The van der Waals surface area contributed by atoms with Crippen LogP contribution in [0.15, 0.2) is 17.6 Å². The summed E-state index contributed by atoms with van der Waals surface area (Å²) in [5, 5.41) is 6.00. The van der Waals surface area contributed by atoms with Crippen LogP contribution in [0.4, 0.5) is 10.9 Å². The maximum absolute atomic E-state index is 12.0. The lowest BCUT2D eigenvalue weighted by atomic mass is 9.94. The molecule has 1 aliphatic rings. The number of likely N-dealkylation sites (tertiary alicyclic amines) is 1. The average molecular weight is 360 g/mol. The summed E-state index contributed by atoms with van der Waals surface area (Å²) >= 11 is 1.54. The third kappa shape index (κ3) is 4.73. The van der Waals surface area contributed by atoms with Crippen LogP contribution in [0.3, 0.4) is 0 Å². The number of likely N-dealkylation sites (N-methyl/N-ethyl adjacent to an activating group) is 1. The summed E-state index contributed by atoms with van der Waals surface area (Å²) in [6.45, 7) is 4.20. The Balaban J connectivity index is 1.72. The molecule has 1 amide bonds. The van der Waals surface area contributed by atoms with Crippen LogP contribution in [-0.2, 0) is 4.79 Å². The van der Waals surface area contributed by atoms with Crippen LogP contribution in [0.1, 0.15) is 30.3 Å². The number of carbonyl (C=O) groups is 1. The van der Waals surface area contributed by atoms with Crippen LogP contribution in [0, 0.1) is 6.92 Å². The molecule has 3 rings (SSSR count). The summed E-state index contributed by atoms with van der Waals surface area (Å²) in [4.78, 5) is 29.2. The Morgan fingerprint density at radius 1 is 1.44 bits per heavy atom. The molecular weight excluding hydrogens is 336 g/mol. The number of nitrogens with zero attached hydrogens (tertiary/aromatic N) is 5. The topological polar surface area (TPSA) is 74.2 Å². The van der Waals surface area contributed by atoms with Crippen molar-refractivity contribution in [1.29, 1.82) is 0 Å². The second-order valence-electron chi connectivity index (χ2n) is 6.55. The first kappa shape index (κ1) is 17.8. The normalized spacial score (nSPS) is 18.1. The molecule has 7 nitrogen and oxygen atoms in total. The predicted octanol–water partition coefficient (Wildman–Crippen LogP) is 2.25. The molecule has 0 radical (unpaired) electrons. The van der Waals surface area contributed by atoms with E-state index in [1.165, 1.54) is 0 Å². The summed E-state index contributed by atoms with van der Waals surface area (Å²) in [6, 6.07) is 2.01. The fourth-order valence-corrected chi connectivity index (χ4v) is 3.57. The van der Waals surface area contributed by atoms with Crippen LogP contribution < -0.4 is 5.32 Å². The van der Waals surface area contributed by atoms with Crippen molar-refractivity contribution in [2.75, 3.05) is 39.0 Å². The molecule has 1 unspecified atom stereocenters. The highest BCUT2D eigenvalue weighted by molar-refractivity contribution is 7.13. The van der Waals surface area contributed by atoms with E-state index < -0.39 is 0 Å². The van der Waals surface area contributed by atoms with Crippen LogP contribution >= 0.6 is 11.3 Å². The number of aromatic nitrogens is 3. The van der Waals surface area contributed by atoms with Gasteiger partial charge in [-0.05, 0) is 26.3 Å². The maximum atomic E-state index is 12.0. The van der Waals surface area contributed by atoms with Crippen molar-refractivity contribution in [1.82, 2.24) is 24.8 Å². The number of thiazole rings is 1. The lowest BCUT2D eigenvalue weighted by molar-refractivity contribution is -0.130. The predicted molar refractivity (Wildman–Crippen MR) is 99.3 cm³/mol. The van der Waals surface area contributed by atoms with E-state index in [1.807, 2.05) is 18.4 Å². The molecule has 0 aliphatic carbocycles. The Morgan fingerprint density at radius 3 is 3.00 bits per heavy atom. The zero-order valence-electron chi connectivity index (χ0n) is 14.9. The number of hydrogen-bond donors (Lipinski definition) is 1. The Morgan fingerprint density at radius 2 is 2.28 bits per heavy atom. The van der Waals surface area contributed by atoms with Gasteiger partial charge in [0.25, 0.3) is 0 Å². The number of nitrogens with one attached hydrogen (secondary N) is 1. The van der Waals surface area contributed by atoms with E-state index in [-0.39, 0.29) is 5.91 Å². The zero-order valence-corrected chi connectivity index (χ0v) is 15.7. The fourth-order valence-electron chi connectivity index (χ4n) is 3.03. The van der Waals surface area contributed by atoms with Crippen LogP contribution in [0.2, 0.25) is 0 Å². The molecule has 8 heteroatoms. The van der Waals surface area contributed by atoms with E-state index in [9.17, 15) is 4.79 Å². The van der Waals surface area contributed by atoms with E-state index in [2.05, 4.69) is 25.2 Å². The molecule has 1 saturated heterocycles. The molecule has 3 heterocycles. The molecule has 2 aromatic heterocycles. The third-order valence-corrected chi connectivity index (χ3v) is 5.00. The van der Waals surface area contributed by atoms with E-state index in [0.717, 1.165) is 48.4 Å². The van der Waals surface area contributed by atoms with Crippen molar-refractivity contribution in [2.24, 2.45) is 0 Å². The number of piperidine rings is 1. The Hall–Kier alpha value is -2.06. The van der Waals surface area contributed by atoms with E-state index in [4.69, 9.17) is 0 Å². The number of carbonyl (C=O) groups excluding carboxylic acids is 1. The molecule has 1 fully saturated rings. The number of rotatable bonds is 5. The first-order valence-corrected chi connectivity index (χ1v) is 9.34. The van der Waals surface area contributed by atoms with Crippen LogP contribution in [0.25, 0.3) is 0 Å². The van der Waals surface area contributed by atoms with Gasteiger partial charge < -0.3 is 10.2 Å². The fraction of sp³-hybridized carbons (Fsp3) is 0.529. The van der Waals surface area contributed by atoms with Gasteiger partial charge in [0.05, 0.1) is 12.2 Å². The van der Waals surface area contributed by atoms with Crippen LogP contribution in [-0.4, -0.2) is 64.4 Å². The second-order valence-corrected chi connectivity index (χ2v) is 7.44. The van der Waals surface area contributed by atoms with Gasteiger partial charge in [-0.3, -0.25) is 9.69 Å². The first-order chi connectivity index (χ1) is 12.0. The van der Waals surface area contributed by atoms with Gasteiger partial charge in [-0.25, -0.2) is 15.0 Å². The lowest BCUT2D eigenvalue weighted by Gasteiger charge is -2.32. The highest BCUT2D eigenvalue weighted by atomic mass is 32.1. The van der Waals surface area contributed by atoms with Gasteiger partial charge in [-0.1, -0.05) is 0 Å². The highest BCUT2D eigenvalue weighted by Gasteiger charge is 2.25. The molecule has 2 aromatic rings. The average Bonchev–Trinajstić information content (AvgIpc) is 3.07. The van der Waals surface area contributed by atoms with Gasteiger partial charge in [0.2, 0.25) is 5.91 Å². The largest absolute Gasteiger partial charge is 0.348 e. The van der Waals surface area contributed by atoms with Crippen LogP contribution in [0.5, 0.6) is 0 Å². The van der Waals surface area contributed by atoms with Gasteiger partial charge >= 0.3 is 0 Å². The number of aryl methyl sites for hydroxylation is 1. The van der Waals surface area contributed by atoms with Crippen molar-refractivity contribution in [3.63, 3.8) is 0 Å². The van der Waals surface area contributed by atoms with Gasteiger partial charge in [0, 0.05) is 44.2 Å². The molecule has 0 aromatic carbocycles. The minimum Gasteiger partial charge on any atom is -0.348 e. The first-order valence-electron chi connectivity index (χ1n) is 8.46. The molecule has 1 N–H and O–H groups in total. The minimum absolute atomic E-state index is 0.144. The Bertz CT molecular complexity index is 718. The van der Waals surface area contributed by atoms with E-state index >= 15 is 0 Å². The molecule has 1 aliphatic heterocycles. The van der Waals surface area contributed by atoms with Crippen molar-refractivity contribution < 1.29 is 4.79 Å². The molecular formula is C17H24N6OS. The summed E-state index contributed by atoms with van der Waals surface area (Å²) in [5.41, 5.74) is 1.04. The number of hydrogen-bond acceptors (Lipinski definition) is 7. The van der Waals surface area contributed by atoms with Crippen molar-refractivity contribution in [2.45, 2.75) is 25.7 Å². The summed E-state index contributed by atoms with van der Waals surface area (Å²) in [6.07, 6.45) is 3.92. The molecule has 0 spiro atoms. The maximum Gasteiger partial charge on any atom is 0.236 e. The number of anilines is 2. The standard InChI is InChI=1S/C17H24N6OS/c1-12-19-14(9-15(20-12)21-17-18-6-8-25-17)13-5-4-7-23(10-13)11-16(24)22(2)3/h6,8-9,13H,4-5,7,10-11H2,1-3H3,(H,18,19,20,21). The number of amides is 1. The van der Waals surface area contributed by atoms with Crippen molar-refractivity contribution in [3.05, 3.63) is 29.2 Å². The third-order valence-electron chi connectivity index (χ3n) is 4.31. The van der Waals surface area contributed by atoms with Gasteiger partial charge in [0.1, 0.15) is 11.6 Å². The molecule has 1 atom stereocenters. The van der Waals surface area contributed by atoms with Gasteiger partial charge in [0.15, 0.2) is 5.13 Å². The molecule has 0 bridgehead atoms. The summed E-state index contributed by atoms with van der Waals surface area (Å²) in [5.74, 6) is 1.99. The second kappa shape index (κ2) is 7.88. The summed E-state index contributed by atoms with van der Waals surface area (Å²) < 4.78 is 0. The highest BCUT2D eigenvalue weighted by Crippen LogP contribution is 2.28. The SMILES string of the molecule is Cc1nc(Nc2nccs2)cc(C2CCCN(CC(=O)N(C)C)C2)n1. The Kier molecular flexibility index (Phi) is 5.60. The van der Waals surface area contributed by atoms with Crippen molar-refractivity contribution in [3.8, 4) is 0 Å². The molecule has 134 valence electrons. The zero-order chi connectivity index (χ0) is 17.8. The quantitative estimate of drug-likeness (QED) is 0.882. The van der Waals surface area contributed by atoms with Gasteiger partial charge in [-0.2, -0.15) is 0 Å². The molecule has 0 saturated carbocycles. The molecule has 25 heavy (non-hydrogen) atoms. The van der Waals surface area contributed by atoms with Gasteiger partial charge in [-0.15, -0.1) is 11.3 Å². The summed E-state index contributed by atoms with van der Waals surface area (Å²) in [7, 11) is 3.60.